The number of furan rings is 1. The number of hydrogen-bond donors (Lipinski definition) is 1. The zero-order valence-corrected chi connectivity index (χ0v) is 11.0. The largest absolute Gasteiger partial charge is 0.464 e. The Balaban J connectivity index is 1.89. The van der Waals surface area contributed by atoms with Gasteiger partial charge in [0.25, 0.3) is 0 Å². The molecule has 2 N–H and O–H groups in total. The molecule has 1 saturated carbocycles. The molecule has 0 bridgehead atoms. The van der Waals surface area contributed by atoms with E-state index in [-0.39, 0.29) is 10.8 Å². The van der Waals surface area contributed by atoms with E-state index in [9.17, 15) is 0 Å². The Morgan fingerprint density at radius 1 is 1.16 bits per heavy atom. The van der Waals surface area contributed by atoms with Gasteiger partial charge in [0.2, 0.25) is 0 Å². The van der Waals surface area contributed by atoms with Crippen LogP contribution in [0.4, 0.5) is 0 Å². The van der Waals surface area contributed by atoms with E-state index in [1.165, 1.54) is 30.2 Å². The lowest BCUT2D eigenvalue weighted by Crippen LogP contribution is -2.64. The third kappa shape index (κ3) is 1.30. The van der Waals surface area contributed by atoms with Crippen LogP contribution in [-0.4, -0.2) is 19.8 Å². The fourth-order valence-electron chi connectivity index (χ4n) is 3.88. The van der Waals surface area contributed by atoms with Crippen molar-refractivity contribution in [2.24, 2.45) is 11.1 Å². The maximum Gasteiger partial charge on any atom is 0.134 e. The van der Waals surface area contributed by atoms with Crippen molar-refractivity contribution in [2.75, 3.05) is 19.8 Å². The standard InChI is InChI=1S/C16H19NO2/c17-9-15(6-3-7-15)16(10-18-11-16)13-8-19-14-5-2-1-4-12(13)14/h1-2,4-5,8H,3,6-7,9-11,17H2. The van der Waals surface area contributed by atoms with Gasteiger partial charge in [-0.15, -0.1) is 0 Å². The Morgan fingerprint density at radius 2 is 1.95 bits per heavy atom. The second kappa shape index (κ2) is 3.84. The Kier molecular flexibility index (Phi) is 2.32. The van der Waals surface area contributed by atoms with E-state index in [4.69, 9.17) is 14.9 Å². The Bertz CT molecular complexity index is 602. The molecule has 1 aromatic carbocycles. The van der Waals surface area contributed by atoms with Crippen LogP contribution in [0.15, 0.2) is 34.9 Å². The van der Waals surface area contributed by atoms with E-state index < -0.39 is 0 Å². The molecule has 19 heavy (non-hydrogen) atoms. The van der Waals surface area contributed by atoms with Gasteiger partial charge in [-0.3, -0.25) is 0 Å². The fourth-order valence-corrected chi connectivity index (χ4v) is 3.88. The Labute approximate surface area is 112 Å². The van der Waals surface area contributed by atoms with Crippen LogP contribution in [0.5, 0.6) is 0 Å². The van der Waals surface area contributed by atoms with Crippen LogP contribution < -0.4 is 5.73 Å². The number of rotatable bonds is 3. The average Bonchev–Trinajstić information content (AvgIpc) is 2.75. The molecule has 1 aromatic heterocycles. The first kappa shape index (κ1) is 11.5. The lowest BCUT2D eigenvalue weighted by atomic mass is 9.50. The molecule has 1 saturated heterocycles. The lowest BCUT2D eigenvalue weighted by Gasteiger charge is -2.59. The SMILES string of the molecule is NCC1(C2(c3coc4ccccc34)COC2)CCC1. The quantitative estimate of drug-likeness (QED) is 0.919. The van der Waals surface area contributed by atoms with Crippen molar-refractivity contribution in [3.63, 3.8) is 0 Å². The average molecular weight is 257 g/mol. The first-order valence-corrected chi connectivity index (χ1v) is 7.06. The van der Waals surface area contributed by atoms with E-state index in [1.54, 1.807) is 0 Å². The first-order valence-electron chi connectivity index (χ1n) is 7.06. The van der Waals surface area contributed by atoms with Gasteiger partial charge in [-0.25, -0.2) is 0 Å². The van der Waals surface area contributed by atoms with Crippen molar-refractivity contribution < 1.29 is 9.15 Å². The highest BCUT2D eigenvalue weighted by Crippen LogP contribution is 2.58. The van der Waals surface area contributed by atoms with Crippen molar-refractivity contribution in [1.82, 2.24) is 0 Å². The summed E-state index contributed by atoms with van der Waals surface area (Å²) in [6, 6.07) is 8.27. The molecule has 3 heteroatoms. The summed E-state index contributed by atoms with van der Waals surface area (Å²) < 4.78 is 11.3. The number of hydrogen-bond acceptors (Lipinski definition) is 3. The smallest absolute Gasteiger partial charge is 0.134 e. The molecule has 1 aliphatic heterocycles. The molecular formula is C16H19NO2. The van der Waals surface area contributed by atoms with Gasteiger partial charge in [-0.05, 0) is 30.9 Å². The first-order chi connectivity index (χ1) is 9.31. The molecule has 1 aliphatic carbocycles. The van der Waals surface area contributed by atoms with Crippen LogP contribution in [0.1, 0.15) is 24.8 Å². The minimum absolute atomic E-state index is 0.0760. The monoisotopic (exact) mass is 257 g/mol. The van der Waals surface area contributed by atoms with Crippen LogP contribution in [0.2, 0.25) is 0 Å². The normalized spacial score (nSPS) is 23.8. The van der Waals surface area contributed by atoms with Crippen molar-refractivity contribution in [3.05, 3.63) is 36.1 Å². The molecule has 3 nitrogen and oxygen atoms in total. The number of para-hydroxylation sites is 1. The van der Waals surface area contributed by atoms with E-state index in [1.807, 2.05) is 18.4 Å². The number of ether oxygens (including phenoxy) is 1. The van der Waals surface area contributed by atoms with Crippen LogP contribution >= 0.6 is 0 Å². The Morgan fingerprint density at radius 3 is 2.53 bits per heavy atom. The van der Waals surface area contributed by atoms with Crippen LogP contribution in [0.25, 0.3) is 11.0 Å². The summed E-state index contributed by atoms with van der Waals surface area (Å²) in [5.74, 6) is 0. The molecule has 0 atom stereocenters. The number of nitrogens with two attached hydrogens (primary N) is 1. The van der Waals surface area contributed by atoms with Crippen molar-refractivity contribution in [2.45, 2.75) is 24.7 Å². The van der Waals surface area contributed by atoms with Gasteiger partial charge < -0.3 is 14.9 Å². The molecular weight excluding hydrogens is 238 g/mol. The zero-order chi connectivity index (χ0) is 12.9. The molecule has 0 radical (unpaired) electrons. The van der Waals surface area contributed by atoms with Gasteiger partial charge in [0, 0.05) is 10.9 Å². The molecule has 2 aliphatic rings. The molecule has 2 fully saturated rings. The van der Waals surface area contributed by atoms with E-state index in [0.29, 0.717) is 0 Å². The fraction of sp³-hybridized carbons (Fsp3) is 0.500. The predicted octanol–water partition coefficient (Wildman–Crippen LogP) is 2.83. The molecule has 2 heterocycles. The third-order valence-corrected chi connectivity index (χ3v) is 5.41. The van der Waals surface area contributed by atoms with Gasteiger partial charge in [-0.1, -0.05) is 24.6 Å². The minimum atomic E-state index is 0.0760. The molecule has 0 amide bonds. The van der Waals surface area contributed by atoms with Crippen molar-refractivity contribution in [3.8, 4) is 0 Å². The maximum absolute atomic E-state index is 6.13. The third-order valence-electron chi connectivity index (χ3n) is 5.41. The topological polar surface area (TPSA) is 48.4 Å². The minimum Gasteiger partial charge on any atom is -0.464 e. The van der Waals surface area contributed by atoms with E-state index in [0.717, 1.165) is 25.3 Å². The summed E-state index contributed by atoms with van der Waals surface area (Å²) in [5.41, 5.74) is 8.70. The predicted molar refractivity (Wildman–Crippen MR) is 74.0 cm³/mol. The van der Waals surface area contributed by atoms with Crippen molar-refractivity contribution in [1.29, 1.82) is 0 Å². The second-order valence-corrected chi connectivity index (χ2v) is 6.06. The maximum atomic E-state index is 6.13. The van der Waals surface area contributed by atoms with Gasteiger partial charge >= 0.3 is 0 Å². The number of benzene rings is 1. The summed E-state index contributed by atoms with van der Waals surface area (Å²) in [6.45, 7) is 2.32. The summed E-state index contributed by atoms with van der Waals surface area (Å²) in [7, 11) is 0. The second-order valence-electron chi connectivity index (χ2n) is 6.06. The molecule has 2 aromatic rings. The van der Waals surface area contributed by atoms with Crippen LogP contribution in [0, 0.1) is 5.41 Å². The van der Waals surface area contributed by atoms with Gasteiger partial charge in [0.15, 0.2) is 0 Å². The molecule has 100 valence electrons. The van der Waals surface area contributed by atoms with Gasteiger partial charge in [-0.2, -0.15) is 0 Å². The highest BCUT2D eigenvalue weighted by atomic mass is 16.5. The van der Waals surface area contributed by atoms with E-state index in [2.05, 4.69) is 12.1 Å². The number of fused-ring (bicyclic) bond motifs is 1. The van der Waals surface area contributed by atoms with Crippen molar-refractivity contribution >= 4 is 11.0 Å². The highest BCUT2D eigenvalue weighted by molar-refractivity contribution is 5.82. The molecule has 0 spiro atoms. The van der Waals surface area contributed by atoms with E-state index >= 15 is 0 Å². The van der Waals surface area contributed by atoms with Crippen LogP contribution in [0.3, 0.4) is 0 Å². The molecule has 4 rings (SSSR count). The molecule has 0 unspecified atom stereocenters. The van der Waals surface area contributed by atoms with Gasteiger partial charge in [0.1, 0.15) is 5.58 Å². The summed E-state index contributed by atoms with van der Waals surface area (Å²) in [5, 5.41) is 1.23. The van der Waals surface area contributed by atoms with Gasteiger partial charge in [0.05, 0.1) is 24.9 Å². The summed E-state index contributed by atoms with van der Waals surface area (Å²) in [4.78, 5) is 0. The zero-order valence-electron chi connectivity index (χ0n) is 11.0. The summed E-state index contributed by atoms with van der Waals surface area (Å²) in [6.07, 6.45) is 5.65. The lowest BCUT2D eigenvalue weighted by molar-refractivity contribution is -0.153. The van der Waals surface area contributed by atoms with Crippen LogP contribution in [-0.2, 0) is 10.2 Å². The highest BCUT2D eigenvalue weighted by Gasteiger charge is 2.59. The summed E-state index contributed by atoms with van der Waals surface area (Å²) >= 11 is 0. The Hall–Kier alpha value is -1.32.